The summed E-state index contributed by atoms with van der Waals surface area (Å²) in [5.74, 6) is 7.17. The minimum Gasteiger partial charge on any atom is -0.271 e. The van der Waals surface area contributed by atoms with E-state index in [1.165, 1.54) is 0 Å². The fourth-order valence-electron chi connectivity index (χ4n) is 2.11. The molecule has 2 aromatic heterocycles. The van der Waals surface area contributed by atoms with Crippen LogP contribution in [0.5, 0.6) is 0 Å². The van der Waals surface area contributed by atoms with Gasteiger partial charge in [0.2, 0.25) is 0 Å². The number of rotatable bonds is 7. The lowest BCUT2D eigenvalue weighted by molar-refractivity contribution is 0.440. The van der Waals surface area contributed by atoms with E-state index < -0.39 is 0 Å². The number of nitrogens with two attached hydrogens (primary N) is 1. The van der Waals surface area contributed by atoms with Crippen LogP contribution in [0, 0.1) is 12.8 Å². The monoisotopic (exact) mass is 294 g/mol. The summed E-state index contributed by atoms with van der Waals surface area (Å²) in [6.07, 6.45) is 3.16. The largest absolute Gasteiger partial charge is 0.271 e. The van der Waals surface area contributed by atoms with Crippen LogP contribution in [0.3, 0.4) is 0 Å². The first-order valence-corrected chi connectivity index (χ1v) is 7.70. The number of aromatic nitrogens is 4. The normalized spacial score (nSPS) is 13.1. The lowest BCUT2D eigenvalue weighted by atomic mass is 10.1. The minimum atomic E-state index is 0.117. The summed E-state index contributed by atoms with van der Waals surface area (Å²) in [7, 11) is 0. The maximum absolute atomic E-state index is 5.66. The number of nitrogens with zero attached hydrogens (tertiary/aromatic N) is 4. The molecule has 0 bridgehead atoms. The molecule has 6 nitrogen and oxygen atoms in total. The van der Waals surface area contributed by atoms with E-state index in [1.54, 1.807) is 17.7 Å². The number of thiazole rings is 1. The molecule has 0 saturated carbocycles. The van der Waals surface area contributed by atoms with E-state index >= 15 is 0 Å². The van der Waals surface area contributed by atoms with Crippen molar-refractivity contribution in [2.45, 2.75) is 46.2 Å². The molecule has 2 rings (SSSR count). The highest BCUT2D eigenvalue weighted by Gasteiger charge is 2.15. The van der Waals surface area contributed by atoms with Gasteiger partial charge in [-0.15, -0.1) is 11.3 Å². The standard InChI is InChI=1S/C13H22N6S/c1-9(2)6-19-13(15-8-16-19)5-11(18-14)4-12-7-20-10(3)17-12/h7-9,11,18H,4-6,14H2,1-3H3. The fraction of sp³-hybridized carbons (Fsp3) is 0.615. The van der Waals surface area contributed by atoms with Crippen LogP contribution in [0.25, 0.3) is 0 Å². The Labute approximate surface area is 123 Å². The van der Waals surface area contributed by atoms with Gasteiger partial charge in [0.1, 0.15) is 12.2 Å². The lowest BCUT2D eigenvalue weighted by Gasteiger charge is -2.15. The summed E-state index contributed by atoms with van der Waals surface area (Å²) in [6, 6.07) is 0.117. The van der Waals surface area contributed by atoms with E-state index in [9.17, 15) is 0 Å². The zero-order valence-corrected chi connectivity index (χ0v) is 13.0. The molecule has 0 saturated heterocycles. The van der Waals surface area contributed by atoms with Gasteiger partial charge in [0.05, 0.1) is 10.7 Å². The summed E-state index contributed by atoms with van der Waals surface area (Å²) in [5, 5.41) is 7.44. The summed E-state index contributed by atoms with van der Waals surface area (Å²) < 4.78 is 1.96. The van der Waals surface area contributed by atoms with E-state index in [2.05, 4.69) is 39.7 Å². The SMILES string of the molecule is Cc1nc(CC(Cc2ncnn2CC(C)C)NN)cs1. The summed E-state index contributed by atoms with van der Waals surface area (Å²) in [6.45, 7) is 7.23. The highest BCUT2D eigenvalue weighted by molar-refractivity contribution is 7.09. The van der Waals surface area contributed by atoms with E-state index in [-0.39, 0.29) is 6.04 Å². The van der Waals surface area contributed by atoms with Crippen molar-refractivity contribution in [2.75, 3.05) is 0 Å². The van der Waals surface area contributed by atoms with Crippen molar-refractivity contribution >= 4 is 11.3 Å². The van der Waals surface area contributed by atoms with Crippen LogP contribution in [-0.4, -0.2) is 25.8 Å². The van der Waals surface area contributed by atoms with Crippen molar-refractivity contribution in [1.82, 2.24) is 25.2 Å². The third kappa shape index (κ3) is 4.09. The zero-order valence-electron chi connectivity index (χ0n) is 12.2. The smallest absolute Gasteiger partial charge is 0.138 e. The van der Waals surface area contributed by atoms with Gasteiger partial charge in [0, 0.05) is 30.8 Å². The topological polar surface area (TPSA) is 81.7 Å². The molecule has 0 fully saturated rings. The first-order chi connectivity index (χ1) is 9.58. The molecule has 0 aromatic carbocycles. The Hall–Kier alpha value is -1.31. The van der Waals surface area contributed by atoms with Gasteiger partial charge in [0.25, 0.3) is 0 Å². The van der Waals surface area contributed by atoms with Crippen LogP contribution in [-0.2, 0) is 19.4 Å². The van der Waals surface area contributed by atoms with Crippen molar-refractivity contribution in [3.05, 3.63) is 28.2 Å². The van der Waals surface area contributed by atoms with Crippen molar-refractivity contribution < 1.29 is 0 Å². The molecule has 0 aliphatic carbocycles. The van der Waals surface area contributed by atoms with Crippen molar-refractivity contribution in [1.29, 1.82) is 0 Å². The van der Waals surface area contributed by atoms with Crippen molar-refractivity contribution in [3.8, 4) is 0 Å². The summed E-state index contributed by atoms with van der Waals surface area (Å²) in [5.41, 5.74) is 3.94. The molecule has 0 radical (unpaired) electrons. The van der Waals surface area contributed by atoms with Crippen molar-refractivity contribution in [3.63, 3.8) is 0 Å². The first kappa shape index (κ1) is 15.1. The molecule has 7 heteroatoms. The molecule has 1 atom stereocenters. The Bertz CT molecular complexity index is 532. The minimum absolute atomic E-state index is 0.117. The number of hydrazine groups is 1. The molecule has 2 aromatic rings. The molecule has 0 aliphatic rings. The zero-order chi connectivity index (χ0) is 14.5. The summed E-state index contributed by atoms with van der Waals surface area (Å²) >= 11 is 1.66. The molecule has 0 spiro atoms. The second kappa shape index (κ2) is 6.92. The predicted octanol–water partition coefficient (Wildman–Crippen LogP) is 1.32. The van der Waals surface area contributed by atoms with Gasteiger partial charge in [-0.25, -0.2) is 14.6 Å². The van der Waals surface area contributed by atoms with Gasteiger partial charge in [-0.2, -0.15) is 5.10 Å². The van der Waals surface area contributed by atoms with Crippen LogP contribution in [0.15, 0.2) is 11.7 Å². The van der Waals surface area contributed by atoms with Gasteiger partial charge in [-0.1, -0.05) is 13.8 Å². The number of nitrogens with one attached hydrogen (secondary N) is 1. The second-order valence-corrected chi connectivity index (χ2v) is 6.44. The Morgan fingerprint density at radius 3 is 2.80 bits per heavy atom. The maximum atomic E-state index is 5.66. The Morgan fingerprint density at radius 2 is 2.20 bits per heavy atom. The Morgan fingerprint density at radius 1 is 1.40 bits per heavy atom. The Kier molecular flexibility index (Phi) is 5.22. The van der Waals surface area contributed by atoms with E-state index in [0.29, 0.717) is 5.92 Å². The Balaban J connectivity index is 2.01. The van der Waals surface area contributed by atoms with Crippen LogP contribution in [0.2, 0.25) is 0 Å². The predicted molar refractivity (Wildman–Crippen MR) is 80.2 cm³/mol. The van der Waals surface area contributed by atoms with Gasteiger partial charge in [-0.05, 0) is 12.8 Å². The van der Waals surface area contributed by atoms with Crippen LogP contribution in [0.4, 0.5) is 0 Å². The number of aryl methyl sites for hydroxylation is 1. The average molecular weight is 294 g/mol. The lowest BCUT2D eigenvalue weighted by Crippen LogP contribution is -2.39. The third-order valence-electron chi connectivity index (χ3n) is 3.02. The van der Waals surface area contributed by atoms with E-state index in [1.807, 2.05) is 11.6 Å². The number of hydrogen-bond acceptors (Lipinski definition) is 6. The van der Waals surface area contributed by atoms with E-state index in [0.717, 1.165) is 35.9 Å². The molecule has 0 aliphatic heterocycles. The average Bonchev–Trinajstić information content (AvgIpc) is 2.98. The molecular formula is C13H22N6S. The fourth-order valence-corrected chi connectivity index (χ4v) is 2.73. The molecule has 20 heavy (non-hydrogen) atoms. The first-order valence-electron chi connectivity index (χ1n) is 6.82. The highest BCUT2D eigenvalue weighted by Crippen LogP contribution is 2.12. The maximum Gasteiger partial charge on any atom is 0.138 e. The summed E-state index contributed by atoms with van der Waals surface area (Å²) in [4.78, 5) is 8.82. The van der Waals surface area contributed by atoms with Gasteiger partial charge in [0.15, 0.2) is 0 Å². The van der Waals surface area contributed by atoms with Gasteiger partial charge in [-0.3, -0.25) is 11.3 Å². The quantitative estimate of drug-likeness (QED) is 0.594. The van der Waals surface area contributed by atoms with Crippen LogP contribution in [0.1, 0.15) is 30.4 Å². The van der Waals surface area contributed by atoms with Gasteiger partial charge >= 0.3 is 0 Å². The molecule has 0 amide bonds. The number of hydrogen-bond donors (Lipinski definition) is 2. The molecule has 1 unspecified atom stereocenters. The molecule has 110 valence electrons. The van der Waals surface area contributed by atoms with Crippen molar-refractivity contribution in [2.24, 2.45) is 11.8 Å². The van der Waals surface area contributed by atoms with Crippen LogP contribution < -0.4 is 11.3 Å². The van der Waals surface area contributed by atoms with Crippen LogP contribution >= 0.6 is 11.3 Å². The molecule has 2 heterocycles. The third-order valence-corrected chi connectivity index (χ3v) is 3.84. The highest BCUT2D eigenvalue weighted by atomic mass is 32.1. The second-order valence-electron chi connectivity index (χ2n) is 5.38. The molecular weight excluding hydrogens is 272 g/mol. The molecule has 3 N–H and O–H groups in total. The van der Waals surface area contributed by atoms with E-state index in [4.69, 9.17) is 5.84 Å². The van der Waals surface area contributed by atoms with Gasteiger partial charge < -0.3 is 0 Å².